The van der Waals surface area contributed by atoms with Crippen molar-refractivity contribution in [2.45, 2.75) is 52.3 Å². The number of ether oxygens (including phenoxy) is 1. The van der Waals surface area contributed by atoms with Crippen molar-refractivity contribution in [1.29, 1.82) is 0 Å². The van der Waals surface area contributed by atoms with Crippen molar-refractivity contribution in [1.82, 2.24) is 10.4 Å². The Morgan fingerprint density at radius 2 is 1.83 bits per heavy atom. The molecule has 3 rings (SSSR count). The topological polar surface area (TPSA) is 41.6 Å². The zero-order valence-electron chi connectivity index (χ0n) is 17.0. The largest absolute Gasteiger partial charge is 0.493 e. The molecular weight excluding hydrogens is 381 g/mol. The summed E-state index contributed by atoms with van der Waals surface area (Å²) >= 11 is 0. The Kier molecular flexibility index (Phi) is 6.08. The second kappa shape index (κ2) is 8.22. The number of hydrogen-bond acceptors (Lipinski definition) is 3. The van der Waals surface area contributed by atoms with Gasteiger partial charge in [-0.3, -0.25) is 10.2 Å². The van der Waals surface area contributed by atoms with Crippen LogP contribution in [-0.4, -0.2) is 30.2 Å². The number of nitrogens with zero attached hydrogens (tertiary/aromatic N) is 1. The van der Waals surface area contributed by atoms with Crippen molar-refractivity contribution in [3.8, 4) is 5.75 Å². The molecule has 0 aromatic heterocycles. The van der Waals surface area contributed by atoms with Gasteiger partial charge in [-0.2, -0.15) is 13.2 Å². The number of unbranched alkanes of at least 4 members (excludes halogenated alkanes) is 2. The predicted octanol–water partition coefficient (Wildman–Crippen LogP) is 5.39. The fraction of sp³-hybridized carbons (Fsp3) is 0.500. The van der Waals surface area contributed by atoms with Crippen molar-refractivity contribution in [3.63, 3.8) is 0 Å². The lowest BCUT2D eigenvalue weighted by atomic mass is 9.93. The molecule has 1 fully saturated rings. The number of carbonyl (C=O) groups excluding carboxylic acids is 1. The fourth-order valence-electron chi connectivity index (χ4n) is 3.69. The quantitative estimate of drug-likeness (QED) is 0.625. The molecule has 1 saturated heterocycles. The molecule has 1 aliphatic rings. The highest BCUT2D eigenvalue weighted by molar-refractivity contribution is 5.91. The first kappa shape index (κ1) is 21.4. The summed E-state index contributed by atoms with van der Waals surface area (Å²) in [5, 5.41) is 2.12. The predicted molar refractivity (Wildman–Crippen MR) is 106 cm³/mol. The molecule has 0 saturated carbocycles. The maximum Gasteiger partial charge on any atom is 0.409 e. The Morgan fingerprint density at radius 3 is 2.41 bits per heavy atom. The van der Waals surface area contributed by atoms with Crippen LogP contribution in [0.5, 0.6) is 5.75 Å². The minimum absolute atomic E-state index is 0.0282. The molecule has 1 amide bonds. The van der Waals surface area contributed by atoms with Crippen LogP contribution in [0.1, 0.15) is 51.6 Å². The molecule has 1 heterocycles. The summed E-state index contributed by atoms with van der Waals surface area (Å²) in [6.07, 6.45) is -1.56. The monoisotopic (exact) mass is 408 g/mol. The third-order valence-electron chi connectivity index (χ3n) is 5.27. The zero-order chi connectivity index (χ0) is 21.2. The number of alkyl halides is 3. The first-order valence-corrected chi connectivity index (χ1v) is 9.94. The molecule has 7 heteroatoms. The third-order valence-corrected chi connectivity index (χ3v) is 5.27. The van der Waals surface area contributed by atoms with E-state index in [1.54, 1.807) is 44.2 Å². The van der Waals surface area contributed by atoms with Crippen molar-refractivity contribution in [2.75, 3.05) is 13.2 Å². The van der Waals surface area contributed by atoms with E-state index >= 15 is 0 Å². The van der Waals surface area contributed by atoms with E-state index in [0.717, 1.165) is 24.3 Å². The minimum Gasteiger partial charge on any atom is -0.493 e. The van der Waals surface area contributed by atoms with Gasteiger partial charge in [-0.15, -0.1) is 0 Å². The highest BCUT2D eigenvalue weighted by Crippen LogP contribution is 2.44. The molecule has 1 atom stereocenters. The Hall–Kier alpha value is -2.28. The SMILES string of the molecule is CCCCCOc1ccc([C@H](N2CC(C)(C)C(=O)N2)C(F)(F)F)c2ccccc12. The molecule has 1 N–H and O–H groups in total. The van der Waals surface area contributed by atoms with E-state index in [1.807, 2.05) is 0 Å². The molecule has 1 aliphatic heterocycles. The molecule has 0 aliphatic carbocycles. The van der Waals surface area contributed by atoms with E-state index < -0.39 is 23.5 Å². The lowest BCUT2D eigenvalue weighted by Crippen LogP contribution is -2.43. The van der Waals surface area contributed by atoms with Gasteiger partial charge < -0.3 is 4.74 Å². The van der Waals surface area contributed by atoms with Gasteiger partial charge in [-0.1, -0.05) is 50.1 Å². The maximum atomic E-state index is 14.1. The van der Waals surface area contributed by atoms with E-state index in [2.05, 4.69) is 12.3 Å². The molecule has 0 radical (unpaired) electrons. The van der Waals surface area contributed by atoms with Crippen LogP contribution in [-0.2, 0) is 4.79 Å². The molecule has 29 heavy (non-hydrogen) atoms. The van der Waals surface area contributed by atoms with Gasteiger partial charge in [0.1, 0.15) is 5.75 Å². The molecule has 2 aromatic rings. The van der Waals surface area contributed by atoms with E-state index in [0.29, 0.717) is 23.1 Å². The summed E-state index contributed by atoms with van der Waals surface area (Å²) in [6.45, 7) is 5.87. The van der Waals surface area contributed by atoms with Crippen LogP contribution in [0.25, 0.3) is 10.8 Å². The summed E-state index contributed by atoms with van der Waals surface area (Å²) in [5.41, 5.74) is 1.64. The lowest BCUT2D eigenvalue weighted by Gasteiger charge is -2.31. The summed E-state index contributed by atoms with van der Waals surface area (Å²) in [6, 6.07) is 8.07. The minimum atomic E-state index is -4.56. The second-order valence-corrected chi connectivity index (χ2v) is 8.15. The van der Waals surface area contributed by atoms with Crippen molar-refractivity contribution in [3.05, 3.63) is 42.0 Å². The fourth-order valence-corrected chi connectivity index (χ4v) is 3.69. The standard InChI is InChI=1S/C22H27F3N2O2/c1-4-5-8-13-29-18-12-11-17(15-9-6-7-10-16(15)18)19(22(23,24)25)27-14-21(2,3)20(28)26-27/h6-7,9-12,19H,4-5,8,13-14H2,1-3H3,(H,26,28)/t19-/m0/s1. The van der Waals surface area contributed by atoms with Crippen LogP contribution in [0.3, 0.4) is 0 Å². The molecule has 158 valence electrons. The average Bonchev–Trinajstić information content (AvgIpc) is 2.91. The highest BCUT2D eigenvalue weighted by Gasteiger charge is 2.51. The van der Waals surface area contributed by atoms with Crippen molar-refractivity contribution >= 4 is 16.7 Å². The lowest BCUT2D eigenvalue weighted by molar-refractivity contribution is -0.191. The number of hydrazine groups is 1. The number of halogens is 3. The summed E-state index contributed by atoms with van der Waals surface area (Å²) in [5.74, 6) is 0.166. The molecule has 0 spiro atoms. The van der Waals surface area contributed by atoms with Gasteiger partial charge >= 0.3 is 6.18 Å². The van der Waals surface area contributed by atoms with Crippen LogP contribution in [0.4, 0.5) is 13.2 Å². The molecule has 4 nitrogen and oxygen atoms in total. The maximum absolute atomic E-state index is 14.1. The van der Waals surface area contributed by atoms with Gasteiger partial charge in [0.15, 0.2) is 6.04 Å². The van der Waals surface area contributed by atoms with Gasteiger partial charge in [0.2, 0.25) is 5.91 Å². The average molecular weight is 408 g/mol. The number of rotatable bonds is 7. The summed E-state index contributed by atoms with van der Waals surface area (Å²) in [7, 11) is 0. The normalized spacial score (nSPS) is 18.1. The Balaban J connectivity index is 2.01. The van der Waals surface area contributed by atoms with Crippen LogP contribution in [0.2, 0.25) is 0 Å². The van der Waals surface area contributed by atoms with Crippen LogP contribution in [0, 0.1) is 5.41 Å². The van der Waals surface area contributed by atoms with Gasteiger partial charge in [0.25, 0.3) is 0 Å². The molecule has 0 bridgehead atoms. The van der Waals surface area contributed by atoms with Gasteiger partial charge in [-0.25, -0.2) is 5.01 Å². The summed E-state index contributed by atoms with van der Waals surface area (Å²) in [4.78, 5) is 12.1. The Morgan fingerprint density at radius 1 is 1.14 bits per heavy atom. The Labute approximate surface area is 169 Å². The van der Waals surface area contributed by atoms with Crippen LogP contribution < -0.4 is 10.2 Å². The number of fused-ring (bicyclic) bond motifs is 1. The van der Waals surface area contributed by atoms with Crippen LogP contribution >= 0.6 is 0 Å². The number of nitrogens with one attached hydrogen (secondary N) is 1. The smallest absolute Gasteiger partial charge is 0.409 e. The first-order chi connectivity index (χ1) is 13.6. The third kappa shape index (κ3) is 4.50. The van der Waals surface area contributed by atoms with E-state index in [1.165, 1.54) is 6.07 Å². The zero-order valence-corrected chi connectivity index (χ0v) is 17.0. The van der Waals surface area contributed by atoms with Gasteiger partial charge in [-0.05, 0) is 37.3 Å². The highest BCUT2D eigenvalue weighted by atomic mass is 19.4. The number of carbonyl (C=O) groups is 1. The molecule has 0 unspecified atom stereocenters. The Bertz CT molecular complexity index is 880. The first-order valence-electron chi connectivity index (χ1n) is 9.94. The number of hydrogen-bond donors (Lipinski definition) is 1. The summed E-state index contributed by atoms with van der Waals surface area (Å²) < 4.78 is 48.2. The number of benzene rings is 2. The van der Waals surface area contributed by atoms with E-state index in [4.69, 9.17) is 4.74 Å². The van der Waals surface area contributed by atoms with Gasteiger partial charge in [0, 0.05) is 11.9 Å². The molecule has 2 aromatic carbocycles. The number of amides is 1. The second-order valence-electron chi connectivity index (χ2n) is 8.15. The van der Waals surface area contributed by atoms with Crippen LogP contribution in [0.15, 0.2) is 36.4 Å². The van der Waals surface area contributed by atoms with E-state index in [-0.39, 0.29) is 12.1 Å². The van der Waals surface area contributed by atoms with Crippen molar-refractivity contribution in [2.24, 2.45) is 5.41 Å². The van der Waals surface area contributed by atoms with Crippen molar-refractivity contribution < 1.29 is 22.7 Å². The molecular formula is C22H27F3N2O2. The van der Waals surface area contributed by atoms with Gasteiger partial charge in [0.05, 0.1) is 12.0 Å². The van der Waals surface area contributed by atoms with E-state index in [9.17, 15) is 18.0 Å².